The van der Waals surface area contributed by atoms with Gasteiger partial charge in [-0.25, -0.2) is 4.79 Å². The largest absolute Gasteiger partial charge is 0.461 e. The summed E-state index contributed by atoms with van der Waals surface area (Å²) in [6, 6.07) is 15.9. The van der Waals surface area contributed by atoms with Crippen molar-refractivity contribution in [2.45, 2.75) is 13.5 Å². The van der Waals surface area contributed by atoms with Gasteiger partial charge in [0.2, 0.25) is 5.70 Å². The van der Waals surface area contributed by atoms with Crippen molar-refractivity contribution < 1.29 is 15.0 Å². The lowest BCUT2D eigenvalue weighted by molar-refractivity contribution is -0.138. The van der Waals surface area contributed by atoms with Crippen LogP contribution in [-0.2, 0) is 16.1 Å². The highest BCUT2D eigenvalue weighted by atomic mass is 16.5. The SMILES string of the molecule is CCOC(=O)C1=C[N+]2(C#N)C(=N1)C=Cc1cccc(NCc3ccccc3)c12.O. The van der Waals surface area contributed by atoms with Crippen molar-refractivity contribution in [3.05, 3.63) is 77.6 Å². The Bertz CT molecular complexity index is 1070. The van der Waals surface area contributed by atoms with Crippen molar-refractivity contribution in [2.75, 3.05) is 11.9 Å². The van der Waals surface area contributed by atoms with Crippen LogP contribution in [0.1, 0.15) is 18.1 Å². The van der Waals surface area contributed by atoms with Crippen molar-refractivity contribution in [3.63, 3.8) is 0 Å². The molecule has 0 saturated carbocycles. The lowest BCUT2D eigenvalue weighted by Gasteiger charge is -2.27. The molecular weight excluding hydrogens is 368 g/mol. The normalized spacial score (nSPS) is 18.3. The number of esters is 1. The van der Waals surface area contributed by atoms with E-state index in [1.165, 1.54) is 0 Å². The highest BCUT2D eigenvalue weighted by Crippen LogP contribution is 2.43. The third-order valence-corrected chi connectivity index (χ3v) is 4.71. The Labute approximate surface area is 168 Å². The van der Waals surface area contributed by atoms with E-state index in [2.05, 4.69) is 16.5 Å². The Morgan fingerprint density at radius 1 is 1.17 bits per heavy atom. The molecule has 2 heterocycles. The number of quaternary nitrogens is 1. The Balaban J connectivity index is 0.00000240. The van der Waals surface area contributed by atoms with Gasteiger partial charge in [-0.15, -0.1) is 9.74 Å². The van der Waals surface area contributed by atoms with Crippen LogP contribution in [0.3, 0.4) is 0 Å². The Hall–Kier alpha value is -3.73. The van der Waals surface area contributed by atoms with Crippen molar-refractivity contribution >= 4 is 29.3 Å². The number of nitrogens with zero attached hydrogens (tertiary/aromatic N) is 3. The molecule has 0 aliphatic carbocycles. The standard InChI is InChI=1S/C22H19N4O2.H2O/c1-2-28-22(27)19-14-26(15-23)20(25-19)12-11-17-9-6-10-18(21(17)26)24-13-16-7-4-3-5-8-16;/h3-12,14,24H,2,13H2,1H3;1H2/q+1;. The van der Waals surface area contributed by atoms with Crippen molar-refractivity contribution in [3.8, 4) is 6.19 Å². The van der Waals surface area contributed by atoms with Crippen LogP contribution in [0.25, 0.3) is 6.08 Å². The molecule has 0 amide bonds. The molecule has 0 aromatic heterocycles. The number of rotatable bonds is 5. The quantitative estimate of drug-likeness (QED) is 0.482. The van der Waals surface area contributed by atoms with Crippen LogP contribution in [-0.4, -0.2) is 23.9 Å². The van der Waals surface area contributed by atoms with E-state index in [0.29, 0.717) is 12.4 Å². The highest BCUT2D eigenvalue weighted by molar-refractivity contribution is 6.16. The maximum Gasteiger partial charge on any atom is 0.362 e. The average molecular weight is 389 g/mol. The molecule has 4 rings (SSSR count). The first-order valence-electron chi connectivity index (χ1n) is 9.07. The number of carbonyl (C=O) groups excluding carboxylic acids is 1. The number of nitriles is 1. The van der Waals surface area contributed by atoms with Gasteiger partial charge in [-0.3, -0.25) is 0 Å². The summed E-state index contributed by atoms with van der Waals surface area (Å²) in [5, 5.41) is 13.5. The zero-order chi connectivity index (χ0) is 19.6. The second kappa shape index (κ2) is 8.10. The van der Waals surface area contributed by atoms with E-state index in [0.717, 1.165) is 22.5 Å². The number of fused-ring (bicyclic) bond motifs is 3. The van der Waals surface area contributed by atoms with Gasteiger partial charge in [0.1, 0.15) is 0 Å². The van der Waals surface area contributed by atoms with Gasteiger partial charge in [0.15, 0.2) is 11.9 Å². The fourth-order valence-electron chi connectivity index (χ4n) is 3.44. The summed E-state index contributed by atoms with van der Waals surface area (Å²) in [6.45, 7) is 2.61. The van der Waals surface area contributed by atoms with E-state index in [-0.39, 0.29) is 22.3 Å². The van der Waals surface area contributed by atoms with Crippen LogP contribution < -0.4 is 9.80 Å². The molecule has 2 aliphatic rings. The summed E-state index contributed by atoms with van der Waals surface area (Å²) < 4.78 is 4.79. The number of benzene rings is 2. The van der Waals surface area contributed by atoms with Gasteiger partial charge in [0.05, 0.1) is 12.3 Å². The van der Waals surface area contributed by atoms with Crippen molar-refractivity contribution in [1.29, 1.82) is 5.26 Å². The molecule has 7 heteroatoms. The molecule has 1 atom stereocenters. The van der Waals surface area contributed by atoms with E-state index < -0.39 is 5.97 Å². The second-order valence-electron chi connectivity index (χ2n) is 6.44. The molecule has 29 heavy (non-hydrogen) atoms. The predicted molar refractivity (Wildman–Crippen MR) is 112 cm³/mol. The number of aliphatic imine (C=N–C) groups is 1. The zero-order valence-electron chi connectivity index (χ0n) is 15.9. The minimum Gasteiger partial charge on any atom is -0.461 e. The van der Waals surface area contributed by atoms with E-state index in [1.54, 1.807) is 19.2 Å². The summed E-state index contributed by atoms with van der Waals surface area (Å²) >= 11 is 0. The Kier molecular flexibility index (Phi) is 5.59. The average Bonchev–Trinajstić information content (AvgIpc) is 3.13. The Morgan fingerprint density at radius 2 is 1.97 bits per heavy atom. The molecule has 1 unspecified atom stereocenters. The molecule has 0 radical (unpaired) electrons. The minimum atomic E-state index is -0.526. The molecule has 0 saturated heterocycles. The summed E-state index contributed by atoms with van der Waals surface area (Å²) in [6.07, 6.45) is 7.58. The minimum absolute atomic E-state index is 0. The first kappa shape index (κ1) is 20.0. The maximum absolute atomic E-state index is 12.2. The number of ether oxygens (including phenoxy) is 1. The van der Waals surface area contributed by atoms with Gasteiger partial charge in [-0.1, -0.05) is 36.4 Å². The van der Waals surface area contributed by atoms with Crippen LogP contribution >= 0.6 is 0 Å². The van der Waals surface area contributed by atoms with Crippen LogP contribution in [0.4, 0.5) is 11.4 Å². The van der Waals surface area contributed by atoms with Gasteiger partial charge < -0.3 is 15.5 Å². The molecule has 2 aromatic carbocycles. The maximum atomic E-state index is 12.2. The second-order valence-corrected chi connectivity index (χ2v) is 6.44. The van der Waals surface area contributed by atoms with Gasteiger partial charge in [-0.05, 0) is 30.7 Å². The predicted octanol–water partition coefficient (Wildman–Crippen LogP) is 3.11. The number of hydrogen-bond donors (Lipinski definition) is 1. The van der Waals surface area contributed by atoms with Crippen molar-refractivity contribution in [1.82, 2.24) is 4.48 Å². The third kappa shape index (κ3) is 3.43. The molecule has 146 valence electrons. The summed E-state index contributed by atoms with van der Waals surface area (Å²) in [4.78, 5) is 16.6. The van der Waals surface area contributed by atoms with E-state index >= 15 is 0 Å². The first-order chi connectivity index (χ1) is 13.7. The molecule has 2 aromatic rings. The van der Waals surface area contributed by atoms with Gasteiger partial charge in [0, 0.05) is 18.2 Å². The topological polar surface area (TPSA) is 106 Å². The lowest BCUT2D eigenvalue weighted by Crippen LogP contribution is -2.44. The molecule has 0 spiro atoms. The number of hydrogen-bond acceptors (Lipinski definition) is 5. The molecule has 7 nitrogen and oxygen atoms in total. The third-order valence-electron chi connectivity index (χ3n) is 4.71. The van der Waals surface area contributed by atoms with Gasteiger partial charge in [-0.2, -0.15) is 4.99 Å². The van der Waals surface area contributed by atoms with Crippen LogP contribution in [0.5, 0.6) is 0 Å². The monoisotopic (exact) mass is 389 g/mol. The lowest BCUT2D eigenvalue weighted by atomic mass is 10.0. The number of carbonyl (C=O) groups is 1. The summed E-state index contributed by atoms with van der Waals surface area (Å²) in [5.74, 6) is -0.0474. The smallest absolute Gasteiger partial charge is 0.362 e. The van der Waals surface area contributed by atoms with E-state index in [1.807, 2.05) is 54.6 Å². The van der Waals surface area contributed by atoms with E-state index in [9.17, 15) is 10.1 Å². The molecular formula is C22H21N4O3+. The zero-order valence-corrected chi connectivity index (χ0v) is 15.9. The van der Waals surface area contributed by atoms with Crippen LogP contribution in [0.15, 0.2) is 71.5 Å². The van der Waals surface area contributed by atoms with E-state index in [4.69, 9.17) is 4.74 Å². The Morgan fingerprint density at radius 3 is 2.69 bits per heavy atom. The van der Waals surface area contributed by atoms with Crippen LogP contribution in [0, 0.1) is 11.5 Å². The molecule has 3 N–H and O–H groups in total. The fraction of sp³-hybridized carbons (Fsp3) is 0.136. The van der Waals surface area contributed by atoms with Gasteiger partial charge in [0.25, 0.3) is 5.84 Å². The highest BCUT2D eigenvalue weighted by Gasteiger charge is 2.47. The van der Waals surface area contributed by atoms with Crippen molar-refractivity contribution in [2.24, 2.45) is 4.99 Å². The fourth-order valence-corrected chi connectivity index (χ4v) is 3.44. The first-order valence-corrected chi connectivity index (χ1v) is 9.07. The number of amidine groups is 1. The number of anilines is 1. The summed E-state index contributed by atoms with van der Waals surface area (Å²) in [5.41, 5.74) is 3.75. The van der Waals surface area contributed by atoms with Crippen LogP contribution in [0.2, 0.25) is 0 Å². The molecule has 2 aliphatic heterocycles. The number of para-hydroxylation sites is 1. The molecule has 0 bridgehead atoms. The number of nitrogens with one attached hydrogen (secondary N) is 1. The summed E-state index contributed by atoms with van der Waals surface area (Å²) in [7, 11) is 0. The van der Waals surface area contributed by atoms with Gasteiger partial charge >= 0.3 is 12.2 Å². The molecule has 0 fully saturated rings.